The van der Waals surface area contributed by atoms with Crippen molar-refractivity contribution in [2.75, 3.05) is 20.2 Å². The molecule has 2 aromatic rings. The minimum Gasteiger partial charge on any atom is -0.497 e. The van der Waals surface area contributed by atoms with E-state index in [1.54, 1.807) is 13.2 Å². The number of hydrogen-bond acceptors (Lipinski definition) is 3. The molecule has 2 N–H and O–H groups in total. The van der Waals surface area contributed by atoms with E-state index in [9.17, 15) is 9.59 Å². The number of methoxy groups -OCH3 is 1. The van der Waals surface area contributed by atoms with E-state index in [0.29, 0.717) is 18.5 Å². The predicted molar refractivity (Wildman–Crippen MR) is 98.0 cm³/mol. The van der Waals surface area contributed by atoms with Gasteiger partial charge in [-0.3, -0.25) is 9.59 Å². The molecule has 0 aliphatic heterocycles. The van der Waals surface area contributed by atoms with Crippen LogP contribution in [-0.4, -0.2) is 32.0 Å². The summed E-state index contributed by atoms with van der Waals surface area (Å²) in [5.74, 6) is 0.343. The van der Waals surface area contributed by atoms with Crippen LogP contribution in [0.15, 0.2) is 42.5 Å². The van der Waals surface area contributed by atoms with Crippen molar-refractivity contribution < 1.29 is 14.3 Å². The van der Waals surface area contributed by atoms with E-state index in [2.05, 4.69) is 10.6 Å². The van der Waals surface area contributed by atoms with Gasteiger partial charge in [0.1, 0.15) is 5.75 Å². The minimum atomic E-state index is -0.244. The summed E-state index contributed by atoms with van der Waals surface area (Å²) in [7, 11) is 1.62. The third-order valence-electron chi connectivity index (χ3n) is 4.05. The Labute approximate surface area is 148 Å². The van der Waals surface area contributed by atoms with Crippen LogP contribution in [-0.2, 0) is 11.2 Å². The van der Waals surface area contributed by atoms with Crippen LogP contribution in [0.5, 0.6) is 5.75 Å². The number of carbonyl (C=O) groups is 2. The van der Waals surface area contributed by atoms with E-state index in [-0.39, 0.29) is 18.4 Å². The lowest BCUT2D eigenvalue weighted by Crippen LogP contribution is -2.37. The zero-order valence-corrected chi connectivity index (χ0v) is 14.9. The maximum absolute atomic E-state index is 12.1. The second-order valence-corrected chi connectivity index (χ2v) is 5.93. The lowest BCUT2D eigenvalue weighted by molar-refractivity contribution is -0.120. The van der Waals surface area contributed by atoms with Crippen LogP contribution in [0.25, 0.3) is 0 Å². The van der Waals surface area contributed by atoms with Crippen molar-refractivity contribution in [3.63, 3.8) is 0 Å². The van der Waals surface area contributed by atoms with E-state index in [0.717, 1.165) is 22.4 Å². The molecule has 0 aliphatic carbocycles. The van der Waals surface area contributed by atoms with Crippen molar-refractivity contribution >= 4 is 11.8 Å². The molecule has 5 nitrogen and oxygen atoms in total. The molecule has 132 valence electrons. The Morgan fingerprint density at radius 2 is 1.80 bits per heavy atom. The molecular formula is C20H24N2O3. The van der Waals surface area contributed by atoms with Crippen LogP contribution in [0, 0.1) is 13.8 Å². The quantitative estimate of drug-likeness (QED) is 0.813. The van der Waals surface area contributed by atoms with Crippen LogP contribution in [0.4, 0.5) is 0 Å². The molecule has 0 spiro atoms. The standard InChI is InChI=1S/C20H24N2O3/c1-14-7-8-17(11-15(14)2)20(24)22-13-19(23)21-10-9-16-5-4-6-18(12-16)25-3/h4-8,11-12H,9-10,13H2,1-3H3,(H,21,23)(H,22,24). The van der Waals surface area contributed by atoms with Crippen molar-refractivity contribution in [3.8, 4) is 5.75 Å². The van der Waals surface area contributed by atoms with E-state index in [1.165, 1.54) is 0 Å². The van der Waals surface area contributed by atoms with Crippen LogP contribution in [0.2, 0.25) is 0 Å². The van der Waals surface area contributed by atoms with Crippen molar-refractivity contribution in [2.45, 2.75) is 20.3 Å². The van der Waals surface area contributed by atoms with Gasteiger partial charge < -0.3 is 15.4 Å². The van der Waals surface area contributed by atoms with Crippen LogP contribution in [0.3, 0.4) is 0 Å². The monoisotopic (exact) mass is 340 g/mol. The number of aryl methyl sites for hydroxylation is 2. The molecule has 2 aromatic carbocycles. The summed E-state index contributed by atoms with van der Waals surface area (Å²) in [5.41, 5.74) is 3.83. The average Bonchev–Trinajstić information content (AvgIpc) is 2.62. The van der Waals surface area contributed by atoms with Gasteiger partial charge in [-0.1, -0.05) is 18.2 Å². The smallest absolute Gasteiger partial charge is 0.251 e. The summed E-state index contributed by atoms with van der Waals surface area (Å²) < 4.78 is 5.17. The Morgan fingerprint density at radius 1 is 1.00 bits per heavy atom. The minimum absolute atomic E-state index is 0.0378. The molecule has 25 heavy (non-hydrogen) atoms. The molecular weight excluding hydrogens is 316 g/mol. The van der Waals surface area contributed by atoms with Crippen molar-refractivity contribution in [1.29, 1.82) is 0 Å². The number of ether oxygens (including phenoxy) is 1. The fourth-order valence-corrected chi connectivity index (χ4v) is 2.38. The van der Waals surface area contributed by atoms with Crippen LogP contribution < -0.4 is 15.4 Å². The Kier molecular flexibility index (Phi) is 6.57. The van der Waals surface area contributed by atoms with Crippen LogP contribution in [0.1, 0.15) is 27.0 Å². The lowest BCUT2D eigenvalue weighted by Gasteiger charge is -2.09. The molecule has 0 saturated carbocycles. The lowest BCUT2D eigenvalue weighted by atomic mass is 10.1. The van der Waals surface area contributed by atoms with Gasteiger partial charge in [0, 0.05) is 12.1 Å². The predicted octanol–water partition coefficient (Wildman–Crippen LogP) is 2.40. The number of amides is 2. The second-order valence-electron chi connectivity index (χ2n) is 5.93. The maximum atomic E-state index is 12.1. The number of benzene rings is 2. The first-order valence-electron chi connectivity index (χ1n) is 8.24. The fourth-order valence-electron chi connectivity index (χ4n) is 2.38. The van der Waals surface area contributed by atoms with Crippen molar-refractivity contribution in [1.82, 2.24) is 10.6 Å². The molecule has 0 unspecified atom stereocenters. The van der Waals surface area contributed by atoms with Gasteiger partial charge in [-0.25, -0.2) is 0 Å². The van der Waals surface area contributed by atoms with E-state index in [1.807, 2.05) is 50.2 Å². The van der Waals surface area contributed by atoms with Gasteiger partial charge in [-0.15, -0.1) is 0 Å². The zero-order chi connectivity index (χ0) is 18.2. The van der Waals surface area contributed by atoms with Gasteiger partial charge in [0.15, 0.2) is 0 Å². The van der Waals surface area contributed by atoms with Gasteiger partial charge in [0.2, 0.25) is 5.91 Å². The summed E-state index contributed by atoms with van der Waals surface area (Å²) >= 11 is 0. The fraction of sp³-hybridized carbons (Fsp3) is 0.300. The molecule has 0 bridgehead atoms. The van der Waals surface area contributed by atoms with Crippen molar-refractivity contribution in [2.24, 2.45) is 0 Å². The summed E-state index contributed by atoms with van der Waals surface area (Å²) in [5, 5.41) is 5.44. The van der Waals surface area contributed by atoms with E-state index in [4.69, 9.17) is 4.74 Å². The van der Waals surface area contributed by atoms with Gasteiger partial charge in [-0.05, 0) is 61.2 Å². The topological polar surface area (TPSA) is 67.4 Å². The molecule has 2 rings (SSSR count). The molecule has 2 amide bonds. The largest absolute Gasteiger partial charge is 0.497 e. The summed E-state index contributed by atoms with van der Waals surface area (Å²) in [6.07, 6.45) is 0.702. The van der Waals surface area contributed by atoms with Gasteiger partial charge >= 0.3 is 0 Å². The number of carbonyl (C=O) groups excluding carboxylic acids is 2. The Balaban J connectivity index is 1.74. The normalized spacial score (nSPS) is 10.2. The average molecular weight is 340 g/mol. The van der Waals surface area contributed by atoms with Crippen molar-refractivity contribution in [3.05, 3.63) is 64.7 Å². The van der Waals surface area contributed by atoms with E-state index >= 15 is 0 Å². The Morgan fingerprint density at radius 3 is 2.52 bits per heavy atom. The first-order chi connectivity index (χ1) is 12.0. The first kappa shape index (κ1) is 18.5. The molecule has 5 heteroatoms. The van der Waals surface area contributed by atoms with Gasteiger partial charge in [0.25, 0.3) is 5.91 Å². The first-order valence-corrected chi connectivity index (χ1v) is 8.24. The molecule has 0 atom stereocenters. The zero-order valence-electron chi connectivity index (χ0n) is 14.9. The highest BCUT2D eigenvalue weighted by molar-refractivity contribution is 5.96. The molecule has 0 radical (unpaired) electrons. The molecule has 0 heterocycles. The molecule has 0 saturated heterocycles. The van der Waals surface area contributed by atoms with Gasteiger partial charge in [-0.2, -0.15) is 0 Å². The van der Waals surface area contributed by atoms with Gasteiger partial charge in [0.05, 0.1) is 13.7 Å². The number of nitrogens with one attached hydrogen (secondary N) is 2. The SMILES string of the molecule is COc1cccc(CCNC(=O)CNC(=O)c2ccc(C)c(C)c2)c1. The summed E-state index contributed by atoms with van der Waals surface area (Å²) in [6.45, 7) is 4.42. The Hall–Kier alpha value is -2.82. The highest BCUT2D eigenvalue weighted by Gasteiger charge is 2.08. The molecule has 0 fully saturated rings. The second kappa shape index (κ2) is 8.87. The van der Waals surface area contributed by atoms with Crippen LogP contribution >= 0.6 is 0 Å². The summed E-state index contributed by atoms with van der Waals surface area (Å²) in [6, 6.07) is 13.2. The highest BCUT2D eigenvalue weighted by Crippen LogP contribution is 2.12. The highest BCUT2D eigenvalue weighted by atomic mass is 16.5. The maximum Gasteiger partial charge on any atom is 0.251 e. The third kappa shape index (κ3) is 5.64. The third-order valence-corrected chi connectivity index (χ3v) is 4.05. The molecule has 0 aromatic heterocycles. The molecule has 0 aliphatic rings. The van der Waals surface area contributed by atoms with E-state index < -0.39 is 0 Å². The summed E-state index contributed by atoms with van der Waals surface area (Å²) in [4.78, 5) is 23.9. The Bertz CT molecular complexity index is 756. The number of rotatable bonds is 7. The number of hydrogen-bond donors (Lipinski definition) is 2.